The van der Waals surface area contributed by atoms with Crippen LogP contribution >= 0.6 is 0 Å². The molecule has 1 fully saturated rings. The third-order valence-corrected chi connectivity index (χ3v) is 4.11. The summed E-state index contributed by atoms with van der Waals surface area (Å²) < 4.78 is 12.5. The van der Waals surface area contributed by atoms with Gasteiger partial charge in [-0.3, -0.25) is 4.79 Å². The molecule has 0 radical (unpaired) electrons. The van der Waals surface area contributed by atoms with Gasteiger partial charge in [0.2, 0.25) is 5.79 Å². The van der Waals surface area contributed by atoms with Crippen LogP contribution in [0.4, 0.5) is 0 Å². The van der Waals surface area contributed by atoms with Crippen LogP contribution < -0.4 is 0 Å². The van der Waals surface area contributed by atoms with E-state index >= 15 is 0 Å². The highest BCUT2D eigenvalue weighted by atomic mass is 16.8. The van der Waals surface area contributed by atoms with Gasteiger partial charge in [-0.1, -0.05) is 60.7 Å². The Bertz CT molecular complexity index is 696. The Labute approximate surface area is 134 Å². The van der Waals surface area contributed by atoms with Crippen molar-refractivity contribution in [3.8, 4) is 0 Å². The molecule has 2 atom stereocenters. The Morgan fingerprint density at radius 1 is 0.696 bits per heavy atom. The summed E-state index contributed by atoms with van der Waals surface area (Å²) in [5, 5.41) is 0. The summed E-state index contributed by atoms with van der Waals surface area (Å²) in [6.45, 7) is 0. The molecule has 0 unspecified atom stereocenters. The number of carbonyl (C=O) groups is 1. The van der Waals surface area contributed by atoms with Crippen LogP contribution in [0.15, 0.2) is 85.0 Å². The summed E-state index contributed by atoms with van der Waals surface area (Å²) in [4.78, 5) is 11.4. The fourth-order valence-corrected chi connectivity index (χ4v) is 2.98. The maximum Gasteiger partial charge on any atom is 0.210 e. The zero-order valence-electron chi connectivity index (χ0n) is 12.5. The van der Waals surface area contributed by atoms with Gasteiger partial charge in [0, 0.05) is 0 Å². The first-order valence-electron chi connectivity index (χ1n) is 7.64. The molecule has 2 aliphatic rings. The van der Waals surface area contributed by atoms with E-state index < -0.39 is 5.79 Å². The van der Waals surface area contributed by atoms with Crippen LogP contribution in [0.5, 0.6) is 0 Å². The van der Waals surface area contributed by atoms with E-state index in [1.807, 2.05) is 60.7 Å². The van der Waals surface area contributed by atoms with Crippen molar-refractivity contribution < 1.29 is 14.3 Å². The zero-order chi connectivity index (χ0) is 15.7. The Kier molecular flexibility index (Phi) is 3.45. The molecule has 114 valence electrons. The second-order valence-corrected chi connectivity index (χ2v) is 5.69. The van der Waals surface area contributed by atoms with Gasteiger partial charge in [-0.25, -0.2) is 0 Å². The van der Waals surface area contributed by atoms with Gasteiger partial charge in [0.1, 0.15) is 12.2 Å². The van der Waals surface area contributed by atoms with Crippen molar-refractivity contribution in [1.82, 2.24) is 0 Å². The summed E-state index contributed by atoms with van der Waals surface area (Å²) in [5.41, 5.74) is 2.11. The Morgan fingerprint density at radius 2 is 1.13 bits per heavy atom. The number of hydrogen-bond donors (Lipinski definition) is 0. The van der Waals surface area contributed by atoms with E-state index in [0.29, 0.717) is 0 Å². The van der Waals surface area contributed by atoms with E-state index in [2.05, 4.69) is 0 Å². The zero-order valence-corrected chi connectivity index (χ0v) is 12.5. The fourth-order valence-electron chi connectivity index (χ4n) is 2.98. The molecule has 2 aromatic rings. The van der Waals surface area contributed by atoms with E-state index in [-0.39, 0.29) is 18.0 Å². The first-order valence-corrected chi connectivity index (χ1v) is 7.64. The lowest BCUT2D eigenvalue weighted by molar-refractivity contribution is -0.115. The van der Waals surface area contributed by atoms with E-state index in [9.17, 15) is 4.79 Å². The number of benzene rings is 2. The summed E-state index contributed by atoms with van der Waals surface area (Å²) in [5.74, 6) is -1.03. The standard InChI is InChI=1S/C20H16O3/c21-17-11-13-20(14-12-17)22-18(15-7-3-1-4-8-15)19(23-20)16-9-5-2-6-10-16/h1-14,18-19H/t18-,19-/m0/s1. The normalized spacial score (nSPS) is 25.1. The maximum atomic E-state index is 11.4. The molecule has 1 saturated heterocycles. The molecule has 1 heterocycles. The first-order chi connectivity index (χ1) is 11.3. The van der Waals surface area contributed by atoms with Crippen molar-refractivity contribution in [2.45, 2.75) is 18.0 Å². The minimum Gasteiger partial charge on any atom is -0.332 e. The smallest absolute Gasteiger partial charge is 0.210 e. The molecule has 1 spiro atoms. The molecule has 1 aliphatic carbocycles. The number of rotatable bonds is 2. The van der Waals surface area contributed by atoms with Gasteiger partial charge in [-0.15, -0.1) is 0 Å². The number of ether oxygens (including phenoxy) is 2. The average molecular weight is 304 g/mol. The van der Waals surface area contributed by atoms with Gasteiger partial charge in [0.05, 0.1) is 0 Å². The van der Waals surface area contributed by atoms with Gasteiger partial charge >= 0.3 is 0 Å². The SMILES string of the molecule is O=C1C=CC2(C=C1)O[C@@H](c1ccccc1)[C@H](c1ccccc1)O2. The summed E-state index contributed by atoms with van der Waals surface area (Å²) in [6, 6.07) is 20.0. The molecule has 0 saturated carbocycles. The Balaban J connectivity index is 1.74. The fraction of sp³-hybridized carbons (Fsp3) is 0.150. The molecule has 4 rings (SSSR count). The quantitative estimate of drug-likeness (QED) is 0.844. The molecule has 0 aromatic heterocycles. The van der Waals surface area contributed by atoms with Crippen LogP contribution in [0.25, 0.3) is 0 Å². The lowest BCUT2D eigenvalue weighted by atomic mass is 9.99. The molecule has 1 aliphatic heterocycles. The monoisotopic (exact) mass is 304 g/mol. The number of hydrogen-bond acceptors (Lipinski definition) is 3. The molecule has 2 aromatic carbocycles. The van der Waals surface area contributed by atoms with Gasteiger partial charge in [0.25, 0.3) is 0 Å². The molecular weight excluding hydrogens is 288 g/mol. The van der Waals surface area contributed by atoms with E-state index in [1.54, 1.807) is 12.2 Å². The first kappa shape index (κ1) is 14.1. The van der Waals surface area contributed by atoms with Crippen LogP contribution in [-0.4, -0.2) is 11.6 Å². The van der Waals surface area contributed by atoms with Crippen LogP contribution in [-0.2, 0) is 14.3 Å². The second kappa shape index (κ2) is 5.61. The minimum atomic E-state index is -0.977. The number of carbonyl (C=O) groups excluding carboxylic acids is 1. The van der Waals surface area contributed by atoms with Crippen molar-refractivity contribution in [3.05, 3.63) is 96.1 Å². The van der Waals surface area contributed by atoms with Crippen molar-refractivity contribution >= 4 is 5.78 Å². The van der Waals surface area contributed by atoms with Crippen LogP contribution in [0.1, 0.15) is 23.3 Å². The highest BCUT2D eigenvalue weighted by Crippen LogP contribution is 2.48. The lowest BCUT2D eigenvalue weighted by Crippen LogP contribution is -2.27. The lowest BCUT2D eigenvalue weighted by Gasteiger charge is -2.22. The summed E-state index contributed by atoms with van der Waals surface area (Å²) >= 11 is 0. The third-order valence-electron chi connectivity index (χ3n) is 4.11. The number of allylic oxidation sites excluding steroid dienone is 2. The summed E-state index contributed by atoms with van der Waals surface area (Å²) in [6.07, 6.45) is 5.90. The number of ketones is 1. The van der Waals surface area contributed by atoms with Gasteiger partial charge in [0.15, 0.2) is 5.78 Å². The van der Waals surface area contributed by atoms with Crippen LogP contribution in [0, 0.1) is 0 Å². The van der Waals surface area contributed by atoms with Gasteiger partial charge in [-0.2, -0.15) is 0 Å². The topological polar surface area (TPSA) is 35.5 Å². The third kappa shape index (κ3) is 2.65. The Morgan fingerprint density at radius 3 is 1.57 bits per heavy atom. The van der Waals surface area contributed by atoms with Crippen LogP contribution in [0.3, 0.4) is 0 Å². The predicted octanol–water partition coefficient (Wildman–Crippen LogP) is 3.91. The van der Waals surface area contributed by atoms with Crippen LogP contribution in [0.2, 0.25) is 0 Å². The molecule has 0 N–H and O–H groups in total. The van der Waals surface area contributed by atoms with E-state index in [4.69, 9.17) is 9.47 Å². The average Bonchev–Trinajstić information content (AvgIpc) is 2.99. The highest BCUT2D eigenvalue weighted by molar-refractivity contribution is 6.00. The van der Waals surface area contributed by atoms with Gasteiger partial charge < -0.3 is 9.47 Å². The van der Waals surface area contributed by atoms with Crippen molar-refractivity contribution in [2.75, 3.05) is 0 Å². The molecule has 0 bridgehead atoms. The van der Waals surface area contributed by atoms with Crippen molar-refractivity contribution in [1.29, 1.82) is 0 Å². The largest absolute Gasteiger partial charge is 0.332 e. The minimum absolute atomic E-state index is 0.0535. The van der Waals surface area contributed by atoms with E-state index in [0.717, 1.165) is 11.1 Å². The van der Waals surface area contributed by atoms with Crippen molar-refractivity contribution in [2.24, 2.45) is 0 Å². The molecule has 23 heavy (non-hydrogen) atoms. The van der Waals surface area contributed by atoms with Gasteiger partial charge in [-0.05, 0) is 35.4 Å². The van der Waals surface area contributed by atoms with Crippen molar-refractivity contribution in [3.63, 3.8) is 0 Å². The molecule has 0 amide bonds. The second-order valence-electron chi connectivity index (χ2n) is 5.69. The summed E-state index contributed by atoms with van der Waals surface area (Å²) in [7, 11) is 0. The Hall–Kier alpha value is -2.49. The molecule has 3 nitrogen and oxygen atoms in total. The van der Waals surface area contributed by atoms with E-state index in [1.165, 1.54) is 12.2 Å². The maximum absolute atomic E-state index is 11.4. The predicted molar refractivity (Wildman–Crippen MR) is 86.6 cm³/mol. The molecular formula is C20H16O3. The molecule has 3 heteroatoms. The highest BCUT2D eigenvalue weighted by Gasteiger charge is 2.46.